The summed E-state index contributed by atoms with van der Waals surface area (Å²) in [5.74, 6) is -0.134. The fraction of sp³-hybridized carbons (Fsp3) is 0.400. The molecule has 0 spiro atoms. The van der Waals surface area contributed by atoms with Crippen LogP contribution in [0.5, 0.6) is 0 Å². The standard InChI is InChI=1S/C15H19N5O3S/c1-11-4-2-6-13(18-11)19-15(21)12-5-3-7-20(9-12)24(22,23)14-8-16-10-17-14/h2,4,6,8,10,12H,3,5,7,9H2,1H3,(H,16,17)(H,18,19,21). The molecular formula is C15H19N5O3S. The molecule has 9 heteroatoms. The van der Waals surface area contributed by atoms with Crippen LogP contribution in [-0.2, 0) is 14.8 Å². The molecule has 2 aromatic heterocycles. The Labute approximate surface area is 140 Å². The summed E-state index contributed by atoms with van der Waals surface area (Å²) in [7, 11) is -3.65. The summed E-state index contributed by atoms with van der Waals surface area (Å²) < 4.78 is 26.4. The number of anilines is 1. The molecule has 0 aromatic carbocycles. The number of hydrogen-bond acceptors (Lipinski definition) is 5. The summed E-state index contributed by atoms with van der Waals surface area (Å²) in [4.78, 5) is 23.1. The van der Waals surface area contributed by atoms with E-state index in [4.69, 9.17) is 0 Å². The Bertz CT molecular complexity index is 819. The molecule has 128 valence electrons. The van der Waals surface area contributed by atoms with Gasteiger partial charge in [0.15, 0.2) is 5.03 Å². The average molecular weight is 349 g/mol. The van der Waals surface area contributed by atoms with Gasteiger partial charge in [-0.2, -0.15) is 4.31 Å². The summed E-state index contributed by atoms with van der Waals surface area (Å²) in [5, 5.41) is 2.81. The van der Waals surface area contributed by atoms with Gasteiger partial charge in [-0.05, 0) is 31.9 Å². The largest absolute Gasteiger partial charge is 0.335 e. The summed E-state index contributed by atoms with van der Waals surface area (Å²) in [6.07, 6.45) is 3.87. The average Bonchev–Trinajstić information content (AvgIpc) is 3.10. The third-order valence-electron chi connectivity index (χ3n) is 3.99. The number of aromatic amines is 1. The van der Waals surface area contributed by atoms with Crippen molar-refractivity contribution in [2.24, 2.45) is 5.92 Å². The highest BCUT2D eigenvalue weighted by molar-refractivity contribution is 7.89. The molecule has 1 saturated heterocycles. The highest BCUT2D eigenvalue weighted by atomic mass is 32.2. The van der Waals surface area contributed by atoms with E-state index in [1.165, 1.54) is 16.8 Å². The van der Waals surface area contributed by atoms with Crippen molar-refractivity contribution in [1.29, 1.82) is 0 Å². The van der Waals surface area contributed by atoms with Crippen LogP contribution in [0.3, 0.4) is 0 Å². The number of carbonyl (C=O) groups is 1. The second kappa shape index (κ2) is 6.70. The minimum Gasteiger partial charge on any atom is -0.335 e. The van der Waals surface area contributed by atoms with Gasteiger partial charge in [-0.25, -0.2) is 18.4 Å². The number of carbonyl (C=O) groups excluding carboxylic acids is 1. The predicted molar refractivity (Wildman–Crippen MR) is 87.7 cm³/mol. The van der Waals surface area contributed by atoms with Crippen molar-refractivity contribution >= 4 is 21.7 Å². The van der Waals surface area contributed by atoms with Crippen LogP contribution in [0.2, 0.25) is 0 Å². The van der Waals surface area contributed by atoms with Crippen LogP contribution in [0.1, 0.15) is 18.5 Å². The number of amides is 1. The molecule has 1 aliphatic heterocycles. The van der Waals surface area contributed by atoms with E-state index in [2.05, 4.69) is 20.3 Å². The Morgan fingerprint density at radius 3 is 2.96 bits per heavy atom. The maximum Gasteiger partial charge on any atom is 0.260 e. The number of nitrogens with zero attached hydrogens (tertiary/aromatic N) is 3. The lowest BCUT2D eigenvalue weighted by atomic mass is 9.99. The highest BCUT2D eigenvalue weighted by Crippen LogP contribution is 2.23. The number of aromatic nitrogens is 3. The predicted octanol–water partition coefficient (Wildman–Crippen LogP) is 1.15. The fourth-order valence-corrected chi connectivity index (χ4v) is 4.16. The van der Waals surface area contributed by atoms with Crippen molar-refractivity contribution in [3.8, 4) is 0 Å². The first-order valence-corrected chi connectivity index (χ1v) is 9.14. The first-order chi connectivity index (χ1) is 11.5. The van der Waals surface area contributed by atoms with Gasteiger partial charge in [0.1, 0.15) is 5.82 Å². The summed E-state index contributed by atoms with van der Waals surface area (Å²) in [6.45, 7) is 2.39. The fourth-order valence-electron chi connectivity index (χ4n) is 2.74. The van der Waals surface area contributed by atoms with Gasteiger partial charge in [0, 0.05) is 18.8 Å². The van der Waals surface area contributed by atoms with Crippen LogP contribution in [0.4, 0.5) is 5.82 Å². The van der Waals surface area contributed by atoms with Crippen molar-refractivity contribution in [2.45, 2.75) is 24.8 Å². The van der Waals surface area contributed by atoms with Gasteiger partial charge >= 0.3 is 0 Å². The molecular weight excluding hydrogens is 330 g/mol. The van der Waals surface area contributed by atoms with Gasteiger partial charge < -0.3 is 10.3 Å². The number of nitrogens with one attached hydrogen (secondary N) is 2. The van der Waals surface area contributed by atoms with Crippen molar-refractivity contribution < 1.29 is 13.2 Å². The molecule has 1 amide bonds. The Hall–Kier alpha value is -2.26. The molecule has 8 nitrogen and oxygen atoms in total. The van der Waals surface area contributed by atoms with Gasteiger partial charge in [0.05, 0.1) is 18.4 Å². The van der Waals surface area contributed by atoms with Gasteiger partial charge in [0.2, 0.25) is 5.91 Å². The van der Waals surface area contributed by atoms with Gasteiger partial charge in [-0.15, -0.1) is 0 Å². The number of hydrogen-bond donors (Lipinski definition) is 2. The van der Waals surface area contributed by atoms with Crippen LogP contribution in [0, 0.1) is 12.8 Å². The molecule has 3 rings (SSSR count). The van der Waals surface area contributed by atoms with Crippen LogP contribution >= 0.6 is 0 Å². The first kappa shape index (κ1) is 16.6. The minimum absolute atomic E-state index is 0.0453. The second-order valence-corrected chi connectivity index (χ2v) is 7.68. The molecule has 0 radical (unpaired) electrons. The zero-order valence-corrected chi connectivity index (χ0v) is 14.1. The molecule has 0 saturated carbocycles. The lowest BCUT2D eigenvalue weighted by molar-refractivity contribution is -0.120. The van der Waals surface area contributed by atoms with Crippen LogP contribution in [-0.4, -0.2) is 46.7 Å². The molecule has 24 heavy (non-hydrogen) atoms. The SMILES string of the molecule is Cc1cccc(NC(=O)C2CCCN(S(=O)(=O)c3cnc[nH]3)C2)n1. The van der Waals surface area contributed by atoms with Gasteiger partial charge in [-0.3, -0.25) is 4.79 Å². The van der Waals surface area contributed by atoms with Crippen molar-refractivity contribution in [3.63, 3.8) is 0 Å². The van der Waals surface area contributed by atoms with E-state index in [-0.39, 0.29) is 17.5 Å². The van der Waals surface area contributed by atoms with Crippen molar-refractivity contribution in [1.82, 2.24) is 19.3 Å². The second-order valence-electron chi connectivity index (χ2n) is 5.77. The number of sulfonamides is 1. The van der Waals surface area contributed by atoms with Crippen LogP contribution in [0.25, 0.3) is 0 Å². The Morgan fingerprint density at radius 2 is 2.25 bits per heavy atom. The third-order valence-corrected chi connectivity index (χ3v) is 5.78. The first-order valence-electron chi connectivity index (χ1n) is 7.70. The zero-order valence-electron chi connectivity index (χ0n) is 13.3. The van der Waals surface area contributed by atoms with E-state index in [9.17, 15) is 13.2 Å². The normalized spacial score (nSPS) is 19.1. The molecule has 1 aliphatic rings. The molecule has 0 aliphatic carbocycles. The van der Waals surface area contributed by atoms with E-state index < -0.39 is 15.9 Å². The van der Waals surface area contributed by atoms with E-state index in [0.717, 1.165) is 5.69 Å². The van der Waals surface area contributed by atoms with Crippen molar-refractivity contribution in [2.75, 3.05) is 18.4 Å². The number of aryl methyl sites for hydroxylation is 1. The van der Waals surface area contributed by atoms with E-state index in [0.29, 0.717) is 25.2 Å². The van der Waals surface area contributed by atoms with Crippen molar-refractivity contribution in [3.05, 3.63) is 36.4 Å². The van der Waals surface area contributed by atoms with Gasteiger partial charge in [0.25, 0.3) is 10.0 Å². The monoisotopic (exact) mass is 349 g/mol. The van der Waals surface area contributed by atoms with Crippen LogP contribution in [0.15, 0.2) is 35.7 Å². The molecule has 0 bridgehead atoms. The molecule has 2 N–H and O–H groups in total. The number of H-pyrrole nitrogens is 1. The molecule has 2 aromatic rings. The van der Waals surface area contributed by atoms with Gasteiger partial charge in [-0.1, -0.05) is 6.07 Å². The highest BCUT2D eigenvalue weighted by Gasteiger charge is 2.34. The third kappa shape index (κ3) is 3.46. The Morgan fingerprint density at radius 1 is 1.42 bits per heavy atom. The summed E-state index contributed by atoms with van der Waals surface area (Å²) in [6, 6.07) is 5.37. The van der Waals surface area contributed by atoms with E-state index >= 15 is 0 Å². The molecule has 1 atom stereocenters. The minimum atomic E-state index is -3.65. The van der Waals surface area contributed by atoms with E-state index in [1.807, 2.05) is 19.1 Å². The topological polar surface area (TPSA) is 108 Å². The lowest BCUT2D eigenvalue weighted by Gasteiger charge is -2.30. The quantitative estimate of drug-likeness (QED) is 0.861. The molecule has 1 fully saturated rings. The maximum absolute atomic E-state index is 12.5. The number of imidazole rings is 1. The maximum atomic E-state index is 12.5. The Balaban J connectivity index is 1.70. The molecule has 1 unspecified atom stereocenters. The molecule has 3 heterocycles. The number of pyridine rings is 1. The van der Waals surface area contributed by atoms with Crippen LogP contribution < -0.4 is 5.32 Å². The summed E-state index contributed by atoms with van der Waals surface area (Å²) in [5.41, 5.74) is 0.805. The lowest BCUT2D eigenvalue weighted by Crippen LogP contribution is -2.43. The number of rotatable bonds is 4. The zero-order chi connectivity index (χ0) is 17.2. The summed E-state index contributed by atoms with van der Waals surface area (Å²) >= 11 is 0. The smallest absolute Gasteiger partial charge is 0.260 e. The number of piperidine rings is 1. The Kier molecular flexibility index (Phi) is 4.63. The van der Waals surface area contributed by atoms with E-state index in [1.54, 1.807) is 6.07 Å².